The molecule has 0 bridgehead atoms. The van der Waals surface area contributed by atoms with E-state index in [0.29, 0.717) is 19.6 Å². The van der Waals surface area contributed by atoms with Crippen LogP contribution in [0.1, 0.15) is 0 Å². The van der Waals surface area contributed by atoms with Gasteiger partial charge in [-0.25, -0.2) is 9.37 Å². The number of aliphatic hydroxyl groups excluding tert-OH is 1. The number of rotatable bonds is 3. The molecule has 0 saturated carbocycles. The summed E-state index contributed by atoms with van der Waals surface area (Å²) in [6.07, 6.45) is 1.09. The lowest BCUT2D eigenvalue weighted by atomic mass is 10.3. The van der Waals surface area contributed by atoms with Gasteiger partial charge in [-0.05, 0) is 11.6 Å². The van der Waals surface area contributed by atoms with E-state index in [1.54, 1.807) is 0 Å². The van der Waals surface area contributed by atoms with Gasteiger partial charge in [0, 0.05) is 32.7 Å². The number of aliphatic hydroxyl groups is 1. The van der Waals surface area contributed by atoms with E-state index in [2.05, 4.69) is 14.9 Å². The first kappa shape index (κ1) is 12.5. The summed E-state index contributed by atoms with van der Waals surface area (Å²) >= 11 is 5.66. The summed E-state index contributed by atoms with van der Waals surface area (Å²) in [6, 6.07) is 0. The number of halogens is 2. The lowest BCUT2D eigenvalue weighted by Gasteiger charge is -2.35. The van der Waals surface area contributed by atoms with E-state index in [9.17, 15) is 4.39 Å². The zero-order valence-corrected chi connectivity index (χ0v) is 10.1. The second-order valence-electron chi connectivity index (χ2n) is 3.86. The maximum atomic E-state index is 13.5. The molecule has 1 aliphatic heterocycles. The number of piperazine rings is 1. The average Bonchev–Trinajstić information content (AvgIpc) is 2.34. The molecule has 17 heavy (non-hydrogen) atoms. The zero-order chi connectivity index (χ0) is 12.3. The molecule has 0 amide bonds. The van der Waals surface area contributed by atoms with Crippen molar-refractivity contribution in [3.63, 3.8) is 0 Å². The van der Waals surface area contributed by atoms with Crippen molar-refractivity contribution < 1.29 is 9.50 Å². The van der Waals surface area contributed by atoms with E-state index in [-0.39, 0.29) is 17.7 Å². The van der Waals surface area contributed by atoms with E-state index in [4.69, 9.17) is 16.7 Å². The van der Waals surface area contributed by atoms with E-state index >= 15 is 0 Å². The fraction of sp³-hybridized carbons (Fsp3) is 0.600. The maximum absolute atomic E-state index is 13.5. The molecule has 1 aliphatic rings. The van der Waals surface area contributed by atoms with Crippen molar-refractivity contribution in [3.05, 3.63) is 17.3 Å². The minimum absolute atomic E-state index is 0.0548. The molecule has 1 aromatic heterocycles. The summed E-state index contributed by atoms with van der Waals surface area (Å²) < 4.78 is 13.5. The normalized spacial score (nSPS) is 17.5. The standard InChI is InChI=1S/C10H14ClFN4O/c11-10-13-7-8(12)9(14-10)16-3-1-15(2-4-16)5-6-17/h7,17H,1-6H2. The first-order chi connectivity index (χ1) is 8.20. The monoisotopic (exact) mass is 260 g/mol. The summed E-state index contributed by atoms with van der Waals surface area (Å²) in [7, 11) is 0. The average molecular weight is 261 g/mol. The van der Waals surface area contributed by atoms with Crippen LogP contribution in [0.25, 0.3) is 0 Å². The Morgan fingerprint density at radius 3 is 2.71 bits per heavy atom. The number of hydrogen-bond donors (Lipinski definition) is 1. The SMILES string of the molecule is OCCN1CCN(c2nc(Cl)ncc2F)CC1. The third-order valence-electron chi connectivity index (χ3n) is 2.78. The Labute approximate surface area is 104 Å². The Morgan fingerprint density at radius 1 is 1.35 bits per heavy atom. The second-order valence-corrected chi connectivity index (χ2v) is 4.20. The predicted molar refractivity (Wildman–Crippen MR) is 62.7 cm³/mol. The van der Waals surface area contributed by atoms with Gasteiger partial charge in [0.1, 0.15) is 0 Å². The van der Waals surface area contributed by atoms with Crippen molar-refractivity contribution in [2.75, 3.05) is 44.2 Å². The fourth-order valence-electron chi connectivity index (χ4n) is 1.88. The Balaban J connectivity index is 2.02. The highest BCUT2D eigenvalue weighted by atomic mass is 35.5. The zero-order valence-electron chi connectivity index (χ0n) is 9.31. The summed E-state index contributed by atoms with van der Waals surface area (Å²) in [5.41, 5.74) is 0. The molecule has 0 radical (unpaired) electrons. The van der Waals surface area contributed by atoms with Gasteiger partial charge in [-0.1, -0.05) is 0 Å². The van der Waals surface area contributed by atoms with Crippen molar-refractivity contribution in [1.82, 2.24) is 14.9 Å². The van der Waals surface area contributed by atoms with E-state index in [1.807, 2.05) is 4.90 Å². The Kier molecular flexibility index (Phi) is 4.09. The number of β-amino-alcohol motifs (C(OH)–C–C–N with tert-alkyl or cyclic N) is 1. The predicted octanol–water partition coefficient (Wildman–Crippen LogP) is 0.383. The quantitative estimate of drug-likeness (QED) is 0.797. The molecule has 2 heterocycles. The van der Waals surface area contributed by atoms with Crippen LogP contribution in [0.4, 0.5) is 10.2 Å². The van der Waals surface area contributed by atoms with Crippen molar-refractivity contribution in [2.45, 2.75) is 0 Å². The van der Waals surface area contributed by atoms with Gasteiger partial charge in [0.05, 0.1) is 12.8 Å². The maximum Gasteiger partial charge on any atom is 0.224 e. The molecule has 1 aromatic rings. The molecular weight excluding hydrogens is 247 g/mol. The van der Waals surface area contributed by atoms with Crippen LogP contribution in [-0.2, 0) is 0 Å². The molecule has 2 rings (SSSR count). The van der Waals surface area contributed by atoms with Gasteiger partial charge in [-0.3, -0.25) is 4.90 Å². The van der Waals surface area contributed by atoms with Gasteiger partial charge in [-0.15, -0.1) is 0 Å². The van der Waals surface area contributed by atoms with Crippen LogP contribution in [0.3, 0.4) is 0 Å². The molecule has 1 fully saturated rings. The van der Waals surface area contributed by atoms with Crippen LogP contribution in [0.15, 0.2) is 6.20 Å². The molecule has 0 spiro atoms. The minimum atomic E-state index is -0.454. The van der Waals surface area contributed by atoms with Crippen LogP contribution in [0.2, 0.25) is 5.28 Å². The van der Waals surface area contributed by atoms with Crippen molar-refractivity contribution >= 4 is 17.4 Å². The molecule has 94 valence electrons. The van der Waals surface area contributed by atoms with Crippen molar-refractivity contribution in [1.29, 1.82) is 0 Å². The minimum Gasteiger partial charge on any atom is -0.395 e. The molecule has 1 N–H and O–H groups in total. The molecular formula is C10H14ClFN4O. The van der Waals surface area contributed by atoms with Crippen molar-refractivity contribution in [2.24, 2.45) is 0 Å². The van der Waals surface area contributed by atoms with E-state index in [0.717, 1.165) is 19.3 Å². The summed E-state index contributed by atoms with van der Waals surface area (Å²) in [5, 5.41) is 8.88. The lowest BCUT2D eigenvalue weighted by molar-refractivity contribution is 0.188. The van der Waals surface area contributed by atoms with Gasteiger partial charge in [0.25, 0.3) is 0 Å². The molecule has 0 unspecified atom stereocenters. The topological polar surface area (TPSA) is 52.5 Å². The van der Waals surface area contributed by atoms with Gasteiger partial charge in [0.2, 0.25) is 5.28 Å². The van der Waals surface area contributed by atoms with Crippen LogP contribution >= 0.6 is 11.6 Å². The van der Waals surface area contributed by atoms with Gasteiger partial charge in [0.15, 0.2) is 11.6 Å². The molecule has 0 atom stereocenters. The van der Waals surface area contributed by atoms with E-state index in [1.165, 1.54) is 0 Å². The van der Waals surface area contributed by atoms with Crippen molar-refractivity contribution in [3.8, 4) is 0 Å². The highest BCUT2D eigenvalue weighted by molar-refractivity contribution is 6.28. The number of anilines is 1. The van der Waals surface area contributed by atoms with Gasteiger partial charge in [-0.2, -0.15) is 4.98 Å². The van der Waals surface area contributed by atoms with Crippen LogP contribution < -0.4 is 4.90 Å². The largest absolute Gasteiger partial charge is 0.395 e. The molecule has 5 nitrogen and oxygen atoms in total. The fourth-order valence-corrected chi connectivity index (χ4v) is 2.01. The summed E-state index contributed by atoms with van der Waals surface area (Å²) in [6.45, 7) is 3.70. The molecule has 0 aromatic carbocycles. The van der Waals surface area contributed by atoms with Gasteiger partial charge >= 0.3 is 0 Å². The summed E-state index contributed by atoms with van der Waals surface area (Å²) in [4.78, 5) is 11.5. The molecule has 1 saturated heterocycles. The Hall–Kier alpha value is -0.980. The summed E-state index contributed by atoms with van der Waals surface area (Å²) in [5.74, 6) is -0.196. The first-order valence-corrected chi connectivity index (χ1v) is 5.84. The van der Waals surface area contributed by atoms with Crippen LogP contribution in [0, 0.1) is 5.82 Å². The Morgan fingerprint density at radius 2 is 2.06 bits per heavy atom. The highest BCUT2D eigenvalue weighted by Gasteiger charge is 2.20. The smallest absolute Gasteiger partial charge is 0.224 e. The second kappa shape index (κ2) is 5.57. The van der Waals surface area contributed by atoms with E-state index < -0.39 is 5.82 Å². The number of hydrogen-bond acceptors (Lipinski definition) is 5. The Bertz CT molecular complexity index is 385. The van der Waals surface area contributed by atoms with Crippen LogP contribution in [0.5, 0.6) is 0 Å². The number of nitrogens with zero attached hydrogens (tertiary/aromatic N) is 4. The first-order valence-electron chi connectivity index (χ1n) is 5.47. The van der Waals surface area contributed by atoms with Crippen LogP contribution in [-0.4, -0.2) is 59.3 Å². The molecule has 0 aliphatic carbocycles. The highest BCUT2D eigenvalue weighted by Crippen LogP contribution is 2.18. The van der Waals surface area contributed by atoms with Gasteiger partial charge < -0.3 is 10.0 Å². The number of aromatic nitrogens is 2. The third-order valence-corrected chi connectivity index (χ3v) is 2.97. The third kappa shape index (κ3) is 3.02. The molecule has 7 heteroatoms. The lowest BCUT2D eigenvalue weighted by Crippen LogP contribution is -2.47.